The monoisotopic (exact) mass is 422 g/mol. The van der Waals surface area contributed by atoms with Crippen molar-refractivity contribution < 1.29 is 23.4 Å². The molecule has 0 bridgehead atoms. The highest BCUT2D eigenvalue weighted by Crippen LogP contribution is 2.45. The first-order chi connectivity index (χ1) is 13.9. The number of alkyl halides is 3. The lowest BCUT2D eigenvalue weighted by atomic mass is 9.72. The maximum absolute atomic E-state index is 12.9. The van der Waals surface area contributed by atoms with Crippen LogP contribution in [0.5, 0.6) is 0 Å². The third-order valence-electron chi connectivity index (χ3n) is 5.79. The molecule has 2 aromatic heterocycles. The van der Waals surface area contributed by atoms with Crippen LogP contribution in [-0.4, -0.2) is 20.2 Å². The molecule has 0 saturated heterocycles. The van der Waals surface area contributed by atoms with Crippen LogP contribution in [0.4, 0.5) is 13.2 Å². The molecule has 0 fully saturated rings. The molecule has 0 spiro atoms. The lowest BCUT2D eigenvalue weighted by Crippen LogP contribution is -2.29. The highest BCUT2D eigenvalue weighted by Gasteiger charge is 2.37. The maximum Gasteiger partial charge on any atom is 0.417 e. The van der Waals surface area contributed by atoms with Crippen LogP contribution in [-0.2, 0) is 19.0 Å². The molecule has 0 aliphatic heterocycles. The van der Waals surface area contributed by atoms with Gasteiger partial charge in [-0.2, -0.15) is 13.2 Å². The van der Waals surface area contributed by atoms with E-state index in [9.17, 15) is 23.4 Å². The van der Waals surface area contributed by atoms with Crippen molar-refractivity contribution in [3.05, 3.63) is 57.7 Å². The topological polar surface area (TPSA) is 66.2 Å². The number of fused-ring (bicyclic) bond motifs is 1. The molecule has 4 nitrogen and oxygen atoms in total. The summed E-state index contributed by atoms with van der Waals surface area (Å²) in [6.45, 7) is 10.1. The number of pyridine rings is 2. The average molecular weight is 422 g/mol. The summed E-state index contributed by atoms with van der Waals surface area (Å²) in [4.78, 5) is 8.73. The van der Waals surface area contributed by atoms with Gasteiger partial charge in [0.25, 0.3) is 0 Å². The summed E-state index contributed by atoms with van der Waals surface area (Å²) in [5.74, 6) is -0.0121. The van der Waals surface area contributed by atoms with E-state index in [1.165, 1.54) is 6.07 Å². The summed E-state index contributed by atoms with van der Waals surface area (Å²) in [5, 5.41) is 22.0. The molecule has 0 aromatic carbocycles. The van der Waals surface area contributed by atoms with Gasteiger partial charge in [0, 0.05) is 28.7 Å². The van der Waals surface area contributed by atoms with Crippen LogP contribution in [0, 0.1) is 5.41 Å². The zero-order chi connectivity index (χ0) is 22.4. The molecular weight excluding hydrogens is 393 g/mol. The predicted molar refractivity (Wildman–Crippen MR) is 108 cm³/mol. The number of aliphatic hydroxyl groups excluding tert-OH is 2. The van der Waals surface area contributed by atoms with E-state index in [0.29, 0.717) is 24.1 Å². The van der Waals surface area contributed by atoms with Gasteiger partial charge in [-0.05, 0) is 48.3 Å². The molecule has 1 aliphatic carbocycles. The fraction of sp³-hybridized carbons (Fsp3) is 0.565. The van der Waals surface area contributed by atoms with Crippen molar-refractivity contribution in [1.82, 2.24) is 9.97 Å². The van der Waals surface area contributed by atoms with Crippen LogP contribution < -0.4 is 0 Å². The number of halogens is 3. The van der Waals surface area contributed by atoms with E-state index in [0.717, 1.165) is 35.5 Å². The van der Waals surface area contributed by atoms with Crippen molar-refractivity contribution in [2.45, 2.75) is 78.2 Å². The second-order valence-corrected chi connectivity index (χ2v) is 9.19. The van der Waals surface area contributed by atoms with Crippen molar-refractivity contribution in [2.75, 3.05) is 0 Å². The molecule has 0 amide bonds. The van der Waals surface area contributed by atoms with Crippen molar-refractivity contribution in [3.63, 3.8) is 0 Å². The van der Waals surface area contributed by atoms with E-state index >= 15 is 0 Å². The summed E-state index contributed by atoms with van der Waals surface area (Å²) in [7, 11) is 0. The van der Waals surface area contributed by atoms with Crippen molar-refractivity contribution in [1.29, 1.82) is 0 Å². The van der Waals surface area contributed by atoms with E-state index in [2.05, 4.69) is 18.8 Å². The van der Waals surface area contributed by atoms with Crippen LogP contribution in [0.3, 0.4) is 0 Å². The van der Waals surface area contributed by atoms with Crippen LogP contribution in [0.25, 0.3) is 0 Å². The SMILES string of the molecule is CCc1c2c(nc(C(C)C)c1[C@@H](O)c1ccc(C(F)(F)F)cn1)CC(C)(C)CC2O. The minimum absolute atomic E-state index is 0.0121. The minimum atomic E-state index is -4.49. The van der Waals surface area contributed by atoms with E-state index in [1.54, 1.807) is 0 Å². The number of aromatic nitrogens is 2. The van der Waals surface area contributed by atoms with Crippen molar-refractivity contribution in [3.8, 4) is 0 Å². The van der Waals surface area contributed by atoms with Gasteiger partial charge >= 0.3 is 6.18 Å². The number of hydrogen-bond acceptors (Lipinski definition) is 4. The number of hydrogen-bond donors (Lipinski definition) is 2. The van der Waals surface area contributed by atoms with Crippen LogP contribution >= 0.6 is 0 Å². The fourth-order valence-corrected chi connectivity index (χ4v) is 4.43. The number of rotatable bonds is 4. The highest BCUT2D eigenvalue weighted by atomic mass is 19.4. The Morgan fingerprint density at radius 1 is 1.23 bits per heavy atom. The van der Waals surface area contributed by atoms with Crippen molar-refractivity contribution in [2.24, 2.45) is 5.41 Å². The Morgan fingerprint density at radius 3 is 2.40 bits per heavy atom. The van der Waals surface area contributed by atoms with Gasteiger partial charge in [0.1, 0.15) is 6.10 Å². The van der Waals surface area contributed by atoms with Gasteiger partial charge in [0.15, 0.2) is 0 Å². The molecular formula is C23H29F3N2O2. The summed E-state index contributed by atoms with van der Waals surface area (Å²) in [6, 6.07) is 2.13. The van der Waals surface area contributed by atoms with Crippen LogP contribution in [0.2, 0.25) is 0 Å². The largest absolute Gasteiger partial charge is 0.417 e. The molecule has 1 aliphatic rings. The first kappa shape index (κ1) is 22.7. The molecule has 2 heterocycles. The maximum atomic E-state index is 12.9. The van der Waals surface area contributed by atoms with E-state index in [4.69, 9.17) is 4.98 Å². The van der Waals surface area contributed by atoms with Gasteiger partial charge in [0.2, 0.25) is 0 Å². The predicted octanol–water partition coefficient (Wildman–Crippen LogP) is 5.27. The molecule has 2 aromatic rings. The van der Waals surface area contributed by atoms with E-state index in [-0.39, 0.29) is 17.0 Å². The average Bonchev–Trinajstić information content (AvgIpc) is 2.64. The smallest absolute Gasteiger partial charge is 0.388 e. The highest BCUT2D eigenvalue weighted by molar-refractivity contribution is 5.48. The zero-order valence-corrected chi connectivity index (χ0v) is 18.0. The first-order valence-electron chi connectivity index (χ1n) is 10.3. The Bertz CT molecular complexity index is 922. The Balaban J connectivity index is 2.17. The lowest BCUT2D eigenvalue weighted by Gasteiger charge is -2.37. The van der Waals surface area contributed by atoms with E-state index < -0.39 is 23.9 Å². The molecule has 0 radical (unpaired) electrons. The molecule has 2 N–H and O–H groups in total. The minimum Gasteiger partial charge on any atom is -0.388 e. The Hall–Kier alpha value is -1.99. The molecule has 2 atom stereocenters. The molecule has 7 heteroatoms. The molecule has 0 saturated carbocycles. The third-order valence-corrected chi connectivity index (χ3v) is 5.79. The van der Waals surface area contributed by atoms with Gasteiger partial charge < -0.3 is 10.2 Å². The second kappa shape index (κ2) is 7.93. The van der Waals surface area contributed by atoms with Crippen LogP contribution in [0.15, 0.2) is 18.3 Å². The molecule has 1 unspecified atom stereocenters. The Labute approximate surface area is 175 Å². The van der Waals surface area contributed by atoms with Gasteiger partial charge in [-0.3, -0.25) is 9.97 Å². The fourth-order valence-electron chi connectivity index (χ4n) is 4.43. The third kappa shape index (κ3) is 4.23. The summed E-state index contributed by atoms with van der Waals surface area (Å²) >= 11 is 0. The molecule has 30 heavy (non-hydrogen) atoms. The van der Waals surface area contributed by atoms with Gasteiger partial charge in [-0.1, -0.05) is 34.6 Å². The zero-order valence-electron chi connectivity index (χ0n) is 18.0. The van der Waals surface area contributed by atoms with Gasteiger partial charge in [0.05, 0.1) is 17.4 Å². The molecule has 164 valence electrons. The van der Waals surface area contributed by atoms with Crippen LogP contribution in [0.1, 0.15) is 98.5 Å². The number of aliphatic hydroxyl groups is 2. The second-order valence-electron chi connectivity index (χ2n) is 9.19. The number of nitrogens with zero attached hydrogens (tertiary/aromatic N) is 2. The Kier molecular flexibility index (Phi) is 6.00. The summed E-state index contributed by atoms with van der Waals surface area (Å²) in [5.41, 5.74) is 2.85. The molecule has 3 rings (SSSR count). The first-order valence-corrected chi connectivity index (χ1v) is 10.3. The van der Waals surface area contributed by atoms with E-state index in [1.807, 2.05) is 20.8 Å². The summed E-state index contributed by atoms with van der Waals surface area (Å²) in [6.07, 6.45) is -3.79. The Morgan fingerprint density at radius 2 is 1.90 bits per heavy atom. The standard InChI is InChI=1S/C23H29F3N2O2/c1-6-14-18-16(9-22(4,5)10-17(18)29)28-20(12(2)3)19(14)21(30)15-8-7-13(11-27-15)23(24,25)26/h7-8,11-12,17,21,29-30H,6,9-10H2,1-5H3/t17?,21-/m0/s1. The van der Waals surface area contributed by atoms with Gasteiger partial charge in [-0.15, -0.1) is 0 Å². The van der Waals surface area contributed by atoms with Crippen molar-refractivity contribution >= 4 is 0 Å². The summed E-state index contributed by atoms with van der Waals surface area (Å²) < 4.78 is 38.7. The van der Waals surface area contributed by atoms with Gasteiger partial charge in [-0.25, -0.2) is 0 Å². The lowest BCUT2D eigenvalue weighted by molar-refractivity contribution is -0.137. The normalized spacial score (nSPS) is 19.6. The quantitative estimate of drug-likeness (QED) is 0.705.